The summed E-state index contributed by atoms with van der Waals surface area (Å²) in [4.78, 5) is 12.1. The van der Waals surface area contributed by atoms with Crippen LogP contribution in [0, 0.1) is 19.8 Å². The van der Waals surface area contributed by atoms with Gasteiger partial charge in [0, 0.05) is 12.1 Å². The highest BCUT2D eigenvalue weighted by Crippen LogP contribution is 2.19. The Hall–Kier alpha value is -1.40. The largest absolute Gasteiger partial charge is 0.352 e. The van der Waals surface area contributed by atoms with Crippen LogP contribution in [0.15, 0.2) is 17.0 Å². The molecule has 0 aliphatic carbocycles. The molecule has 0 heterocycles. The van der Waals surface area contributed by atoms with Crippen molar-refractivity contribution in [1.29, 1.82) is 0 Å². The molecule has 1 aromatic rings. The van der Waals surface area contributed by atoms with Crippen LogP contribution in [0.5, 0.6) is 0 Å². The number of nitrogens with one attached hydrogen (secondary N) is 1. The number of carbonyl (C=O) groups excluding carboxylic acids is 1. The lowest BCUT2D eigenvalue weighted by atomic mass is 10.0. The predicted molar refractivity (Wildman–Crippen MR) is 79.1 cm³/mol. The number of carbonyl (C=O) groups is 1. The molecule has 5 nitrogen and oxygen atoms in total. The van der Waals surface area contributed by atoms with Crippen molar-refractivity contribution in [2.75, 3.05) is 6.54 Å². The molecule has 0 bridgehead atoms. The number of hydrogen-bond acceptors (Lipinski definition) is 3. The van der Waals surface area contributed by atoms with Gasteiger partial charge in [0.15, 0.2) is 0 Å². The second-order valence-electron chi connectivity index (χ2n) is 5.18. The molecule has 0 saturated heterocycles. The van der Waals surface area contributed by atoms with E-state index in [2.05, 4.69) is 5.32 Å². The van der Waals surface area contributed by atoms with Crippen LogP contribution in [-0.4, -0.2) is 20.9 Å². The van der Waals surface area contributed by atoms with E-state index in [1.165, 1.54) is 12.1 Å². The van der Waals surface area contributed by atoms with E-state index >= 15 is 0 Å². The second-order valence-corrected chi connectivity index (χ2v) is 6.74. The van der Waals surface area contributed by atoms with Crippen molar-refractivity contribution in [2.45, 2.75) is 39.0 Å². The van der Waals surface area contributed by atoms with Crippen molar-refractivity contribution >= 4 is 15.9 Å². The van der Waals surface area contributed by atoms with Crippen molar-refractivity contribution in [3.8, 4) is 0 Å². The Labute approximate surface area is 120 Å². The standard InChI is InChI=1S/C14H22N2O3S/c1-5-9(2)8-16-14(17)13-7-12(20(15,18)19)6-10(3)11(13)4/h6-7,9H,5,8H2,1-4H3,(H,16,17)(H2,15,18,19). The lowest BCUT2D eigenvalue weighted by Crippen LogP contribution is -2.29. The van der Waals surface area contributed by atoms with Crippen LogP contribution in [-0.2, 0) is 10.0 Å². The van der Waals surface area contributed by atoms with Crippen LogP contribution in [0.2, 0.25) is 0 Å². The molecule has 0 fully saturated rings. The predicted octanol–water partition coefficient (Wildman–Crippen LogP) is 1.73. The Morgan fingerprint density at radius 1 is 1.35 bits per heavy atom. The molecule has 0 aromatic heterocycles. The molecule has 0 aliphatic heterocycles. The van der Waals surface area contributed by atoms with Gasteiger partial charge in [0.2, 0.25) is 10.0 Å². The summed E-state index contributed by atoms with van der Waals surface area (Å²) in [5.74, 6) is 0.109. The number of nitrogens with two attached hydrogens (primary N) is 1. The molecule has 1 unspecified atom stereocenters. The van der Waals surface area contributed by atoms with Gasteiger partial charge in [0.05, 0.1) is 4.90 Å². The van der Waals surface area contributed by atoms with Gasteiger partial charge >= 0.3 is 0 Å². The van der Waals surface area contributed by atoms with Crippen molar-refractivity contribution in [3.63, 3.8) is 0 Å². The number of benzene rings is 1. The van der Waals surface area contributed by atoms with Crippen LogP contribution < -0.4 is 10.5 Å². The molecule has 0 saturated carbocycles. The minimum atomic E-state index is -3.81. The normalized spacial score (nSPS) is 13.1. The number of aryl methyl sites for hydroxylation is 1. The van der Waals surface area contributed by atoms with Crippen molar-refractivity contribution in [1.82, 2.24) is 5.32 Å². The smallest absolute Gasteiger partial charge is 0.251 e. The lowest BCUT2D eigenvalue weighted by Gasteiger charge is -2.14. The van der Waals surface area contributed by atoms with Gasteiger partial charge in [-0.05, 0) is 43.0 Å². The molecule has 0 radical (unpaired) electrons. The summed E-state index contributed by atoms with van der Waals surface area (Å²) in [5.41, 5.74) is 1.85. The fourth-order valence-corrected chi connectivity index (χ4v) is 2.36. The Balaban J connectivity index is 3.11. The van der Waals surface area contributed by atoms with E-state index in [4.69, 9.17) is 5.14 Å². The number of hydrogen-bond donors (Lipinski definition) is 2. The number of primary sulfonamides is 1. The van der Waals surface area contributed by atoms with E-state index in [0.29, 0.717) is 18.0 Å². The van der Waals surface area contributed by atoms with E-state index in [1.54, 1.807) is 13.8 Å². The molecular weight excluding hydrogens is 276 g/mol. The van der Waals surface area contributed by atoms with Gasteiger partial charge in [0.25, 0.3) is 5.91 Å². The third kappa shape index (κ3) is 4.05. The zero-order valence-electron chi connectivity index (χ0n) is 12.4. The third-order valence-corrected chi connectivity index (χ3v) is 4.41. The minimum Gasteiger partial charge on any atom is -0.352 e. The highest BCUT2D eigenvalue weighted by molar-refractivity contribution is 7.89. The molecule has 0 spiro atoms. The zero-order valence-corrected chi connectivity index (χ0v) is 13.2. The van der Waals surface area contributed by atoms with Crippen molar-refractivity contribution < 1.29 is 13.2 Å². The van der Waals surface area contributed by atoms with Crippen LogP contribution in [0.4, 0.5) is 0 Å². The maximum Gasteiger partial charge on any atom is 0.251 e. The minimum absolute atomic E-state index is 0.0331. The fraction of sp³-hybridized carbons (Fsp3) is 0.500. The van der Waals surface area contributed by atoms with Gasteiger partial charge in [-0.2, -0.15) is 0 Å². The Kier molecular flexibility index (Phi) is 5.30. The summed E-state index contributed by atoms with van der Waals surface area (Å²) >= 11 is 0. The Morgan fingerprint density at radius 3 is 2.45 bits per heavy atom. The monoisotopic (exact) mass is 298 g/mol. The molecule has 1 amide bonds. The molecule has 112 valence electrons. The van der Waals surface area contributed by atoms with E-state index in [0.717, 1.165) is 17.5 Å². The molecule has 1 rings (SSSR count). The van der Waals surface area contributed by atoms with Crippen LogP contribution in [0.1, 0.15) is 41.8 Å². The average molecular weight is 298 g/mol. The van der Waals surface area contributed by atoms with Crippen molar-refractivity contribution in [2.24, 2.45) is 11.1 Å². The van der Waals surface area contributed by atoms with Gasteiger partial charge in [-0.15, -0.1) is 0 Å². The quantitative estimate of drug-likeness (QED) is 0.867. The van der Waals surface area contributed by atoms with Crippen LogP contribution in [0.3, 0.4) is 0 Å². The highest BCUT2D eigenvalue weighted by Gasteiger charge is 2.17. The zero-order chi connectivity index (χ0) is 15.5. The summed E-state index contributed by atoms with van der Waals surface area (Å²) in [6.45, 7) is 8.20. The first kappa shape index (κ1) is 16.7. The van der Waals surface area contributed by atoms with Gasteiger partial charge in [0.1, 0.15) is 0 Å². The second kappa shape index (κ2) is 6.37. The number of sulfonamides is 1. The first-order valence-corrected chi connectivity index (χ1v) is 8.13. The maximum atomic E-state index is 12.2. The topological polar surface area (TPSA) is 89.3 Å². The maximum absolute atomic E-state index is 12.2. The molecule has 6 heteroatoms. The molecule has 0 aliphatic rings. The summed E-state index contributed by atoms with van der Waals surface area (Å²) in [7, 11) is -3.81. The molecule has 1 atom stereocenters. The lowest BCUT2D eigenvalue weighted by molar-refractivity contribution is 0.0947. The Morgan fingerprint density at radius 2 is 1.95 bits per heavy atom. The van der Waals surface area contributed by atoms with Gasteiger partial charge in [-0.25, -0.2) is 13.6 Å². The Bertz CT molecular complexity index is 609. The number of rotatable bonds is 5. The third-order valence-electron chi connectivity index (χ3n) is 3.52. The average Bonchev–Trinajstić information content (AvgIpc) is 2.37. The molecule has 20 heavy (non-hydrogen) atoms. The van der Waals surface area contributed by atoms with Gasteiger partial charge in [-0.1, -0.05) is 20.3 Å². The summed E-state index contributed by atoms with van der Waals surface area (Å²) in [5, 5.41) is 7.95. The van der Waals surface area contributed by atoms with Gasteiger partial charge < -0.3 is 5.32 Å². The van der Waals surface area contributed by atoms with Crippen LogP contribution >= 0.6 is 0 Å². The number of amides is 1. The molecule has 3 N–H and O–H groups in total. The summed E-state index contributed by atoms with van der Waals surface area (Å²) < 4.78 is 22.9. The highest BCUT2D eigenvalue weighted by atomic mass is 32.2. The van der Waals surface area contributed by atoms with E-state index < -0.39 is 10.0 Å². The van der Waals surface area contributed by atoms with Crippen molar-refractivity contribution in [3.05, 3.63) is 28.8 Å². The van der Waals surface area contributed by atoms with E-state index in [-0.39, 0.29) is 10.8 Å². The molecule has 1 aromatic carbocycles. The first-order chi connectivity index (χ1) is 9.16. The summed E-state index contributed by atoms with van der Waals surface area (Å²) in [6.07, 6.45) is 0.968. The van der Waals surface area contributed by atoms with E-state index in [1.807, 2.05) is 13.8 Å². The first-order valence-electron chi connectivity index (χ1n) is 6.59. The van der Waals surface area contributed by atoms with Gasteiger partial charge in [-0.3, -0.25) is 4.79 Å². The fourth-order valence-electron chi connectivity index (χ4n) is 1.73. The van der Waals surface area contributed by atoms with E-state index in [9.17, 15) is 13.2 Å². The summed E-state index contributed by atoms with van der Waals surface area (Å²) in [6, 6.07) is 2.82. The van der Waals surface area contributed by atoms with Crippen LogP contribution in [0.25, 0.3) is 0 Å². The SMILES string of the molecule is CCC(C)CNC(=O)c1cc(S(N)(=O)=O)cc(C)c1C. The molecular formula is C14H22N2O3S.